The van der Waals surface area contributed by atoms with Gasteiger partial charge < -0.3 is 31.9 Å². The number of fused-ring (bicyclic) bond motifs is 16. The third-order valence-corrected chi connectivity index (χ3v) is 22.3. The number of anilines is 12. The molecule has 118 heavy (non-hydrogen) atoms. The van der Waals surface area contributed by atoms with E-state index in [0.717, 1.165) is 129 Å². The minimum atomic E-state index is -1.07. The highest BCUT2D eigenvalue weighted by Crippen LogP contribution is 2.69. The Morgan fingerprint density at radius 3 is 0.763 bits per heavy atom. The molecule has 0 saturated carbocycles. The van der Waals surface area contributed by atoms with Crippen molar-refractivity contribution in [3.8, 4) is 34.5 Å². The first-order valence-electron chi connectivity index (χ1n) is 38.8. The SMILES string of the molecule is Brc1ccccc1Oc1ccccc1.O=C1c2cc(N(c3ccccc3)c3ccccc3)oc2C(=O)c2cc(N(c3ccccc3)c3ccccc3)oc21.c1ccc(N(c2ccccc2)c2cc3c(o2)C2(c4ccccc4Oc4ccccc42)c2cc(N(c4ccccc4)c4ccccc4)oc2C32c3ccccc3Oc3ccccc32)cc1. The summed E-state index contributed by atoms with van der Waals surface area (Å²) in [5.74, 6) is 7.44. The molecule has 0 radical (unpaired) electrons. The third kappa shape index (κ3) is 12.4. The van der Waals surface area contributed by atoms with Crippen molar-refractivity contribution in [1.82, 2.24) is 0 Å². The second-order valence-corrected chi connectivity index (χ2v) is 29.4. The lowest BCUT2D eigenvalue weighted by molar-refractivity contribution is 0.0945. The molecular formula is C104H69BrN4O9. The predicted molar refractivity (Wildman–Crippen MR) is 465 cm³/mol. The van der Waals surface area contributed by atoms with Crippen LogP contribution in [0.5, 0.6) is 34.5 Å². The summed E-state index contributed by atoms with van der Waals surface area (Å²) in [5.41, 5.74) is 11.1. The van der Waals surface area contributed by atoms with Gasteiger partial charge in [-0.15, -0.1) is 0 Å². The molecule has 566 valence electrons. The summed E-state index contributed by atoms with van der Waals surface area (Å²) in [6.45, 7) is 0. The van der Waals surface area contributed by atoms with E-state index in [-0.39, 0.29) is 22.6 Å². The zero-order valence-electron chi connectivity index (χ0n) is 63.2. The van der Waals surface area contributed by atoms with E-state index >= 15 is 0 Å². The summed E-state index contributed by atoms with van der Waals surface area (Å²) >= 11 is 3.43. The number of carbonyl (C=O) groups excluding carboxylic acids is 2. The molecular weight excluding hydrogens is 1530 g/mol. The van der Waals surface area contributed by atoms with E-state index in [1.54, 1.807) is 12.1 Å². The Kier molecular flexibility index (Phi) is 18.5. The van der Waals surface area contributed by atoms with Crippen molar-refractivity contribution in [1.29, 1.82) is 0 Å². The first-order chi connectivity index (χ1) is 58.3. The quantitative estimate of drug-likeness (QED) is 0.103. The highest BCUT2D eigenvalue weighted by molar-refractivity contribution is 9.10. The number of ether oxygens (including phenoxy) is 3. The van der Waals surface area contributed by atoms with Crippen molar-refractivity contribution >= 4 is 96.5 Å². The normalized spacial score (nSPS) is 12.9. The number of nitrogens with zero attached hydrogens (tertiary/aromatic N) is 4. The van der Waals surface area contributed by atoms with Crippen LogP contribution in [0.2, 0.25) is 0 Å². The maximum absolute atomic E-state index is 13.7. The Hall–Kier alpha value is -15.4. The Morgan fingerprint density at radius 2 is 0.483 bits per heavy atom. The second-order valence-electron chi connectivity index (χ2n) is 28.5. The van der Waals surface area contributed by atoms with Gasteiger partial charge >= 0.3 is 0 Å². The minimum Gasteiger partial charge on any atom is -0.457 e. The smallest absolute Gasteiger partial charge is 0.233 e. The van der Waals surface area contributed by atoms with E-state index < -0.39 is 22.4 Å². The highest BCUT2D eigenvalue weighted by atomic mass is 79.9. The summed E-state index contributed by atoms with van der Waals surface area (Å²) in [4.78, 5) is 35.6. The van der Waals surface area contributed by atoms with E-state index in [0.29, 0.717) is 23.5 Å². The van der Waals surface area contributed by atoms with Crippen molar-refractivity contribution in [3.05, 3.63) is 491 Å². The molecule has 0 saturated heterocycles. The largest absolute Gasteiger partial charge is 0.457 e. The Bertz CT molecular complexity index is 5980. The lowest BCUT2D eigenvalue weighted by Crippen LogP contribution is -2.46. The number of hydrogen-bond donors (Lipinski definition) is 0. The van der Waals surface area contributed by atoms with Crippen LogP contribution in [0.1, 0.15) is 77.1 Å². The maximum Gasteiger partial charge on any atom is 0.233 e. The molecule has 14 heteroatoms. The van der Waals surface area contributed by atoms with Crippen LogP contribution in [-0.2, 0) is 10.8 Å². The molecule has 14 aromatic carbocycles. The van der Waals surface area contributed by atoms with E-state index in [4.69, 9.17) is 31.9 Å². The zero-order chi connectivity index (χ0) is 79.1. The Balaban J connectivity index is 0.000000140. The molecule has 13 nitrogen and oxygen atoms in total. The third-order valence-electron chi connectivity index (χ3n) is 21.7. The average molecular weight is 1600 g/mol. The molecule has 0 amide bonds. The van der Waals surface area contributed by atoms with Crippen molar-refractivity contribution in [2.45, 2.75) is 10.8 Å². The topological polar surface area (TPSA) is 127 Å². The van der Waals surface area contributed by atoms with Gasteiger partial charge in [0.1, 0.15) is 56.8 Å². The average Bonchev–Trinajstić information content (AvgIpc) is 1.39. The fourth-order valence-electron chi connectivity index (χ4n) is 16.7. The van der Waals surface area contributed by atoms with Crippen LogP contribution >= 0.6 is 15.9 Å². The molecule has 2 spiro atoms. The van der Waals surface area contributed by atoms with Gasteiger partial charge in [-0.3, -0.25) is 29.2 Å². The predicted octanol–water partition coefficient (Wildman–Crippen LogP) is 27.9. The fraction of sp³-hybridized carbons (Fsp3) is 0.0192. The highest BCUT2D eigenvalue weighted by Gasteiger charge is 2.64. The van der Waals surface area contributed by atoms with Crippen LogP contribution in [0.4, 0.5) is 69.0 Å². The second kappa shape index (κ2) is 30.5. The van der Waals surface area contributed by atoms with E-state index in [2.05, 4.69) is 208 Å². The van der Waals surface area contributed by atoms with Gasteiger partial charge in [-0.25, -0.2) is 0 Å². The van der Waals surface area contributed by atoms with Gasteiger partial charge in [-0.2, -0.15) is 0 Å². The number of halogens is 1. The molecule has 4 aliphatic rings. The van der Waals surface area contributed by atoms with Crippen LogP contribution in [-0.4, -0.2) is 11.6 Å². The van der Waals surface area contributed by atoms with Crippen LogP contribution in [0, 0.1) is 0 Å². The number of furan rings is 4. The molecule has 0 N–H and O–H groups in total. The van der Waals surface area contributed by atoms with Gasteiger partial charge in [0.25, 0.3) is 0 Å². The molecule has 0 bridgehead atoms. The summed E-state index contributed by atoms with van der Waals surface area (Å²) in [7, 11) is 0. The number of carbonyl (C=O) groups is 2. The zero-order valence-corrected chi connectivity index (χ0v) is 64.8. The van der Waals surface area contributed by atoms with Gasteiger partial charge in [0.05, 0.1) is 15.6 Å². The summed E-state index contributed by atoms with van der Waals surface area (Å²) < 4.78 is 48.3. The number of hydrogen-bond acceptors (Lipinski definition) is 13. The Labute approximate surface area is 689 Å². The first-order valence-corrected chi connectivity index (χ1v) is 39.6. The van der Waals surface area contributed by atoms with Crippen LogP contribution < -0.4 is 33.8 Å². The van der Waals surface area contributed by atoms with Crippen molar-refractivity contribution in [2.24, 2.45) is 0 Å². The summed E-state index contributed by atoms with van der Waals surface area (Å²) in [6.07, 6.45) is 0. The van der Waals surface area contributed by atoms with Gasteiger partial charge in [-0.05, 0) is 162 Å². The molecule has 0 atom stereocenters. The number of benzene rings is 14. The first kappa shape index (κ1) is 71.6. The van der Waals surface area contributed by atoms with Crippen LogP contribution in [0.15, 0.2) is 441 Å². The number of para-hydroxylation sites is 14. The number of rotatable bonds is 14. The maximum atomic E-state index is 13.7. The lowest BCUT2D eigenvalue weighted by Gasteiger charge is -2.48. The standard InChI is InChI=1S/C58H38N2O4.C34H22N2O4.C12H9BrO/c1-5-21-39(22-6-1)59(40-23-7-2-8-24-40)53-37-47-55(63-53)58(45-31-15-19-35-51(45)62-52-36-20-16-32-46(52)58)48-38-54(60(41-25-9-3-10-26-41)42-27-11-4-12-28-42)64-56(48)57(47)43-29-13-17-33-49(43)61-50-34-18-14-30-44(50)57;37-31-27-21-29(35(23-13-5-1-6-14-23)24-15-7-2-8-16-24)39-33(27)32(38)28-22-30(40-34(28)31)36(25-17-9-3-10-18-25)26-19-11-4-12-20-26;13-11-8-4-5-9-12(11)14-10-6-2-1-3-7-10/h1-38H;1-22H;1-9H. The molecule has 4 aromatic heterocycles. The Morgan fingerprint density at radius 1 is 0.246 bits per heavy atom. The van der Waals surface area contributed by atoms with Crippen LogP contribution in [0.3, 0.4) is 0 Å². The van der Waals surface area contributed by atoms with E-state index in [1.807, 2.05) is 234 Å². The van der Waals surface area contributed by atoms with Crippen molar-refractivity contribution < 1.29 is 41.5 Å². The molecule has 6 heterocycles. The molecule has 2 aliphatic heterocycles. The number of ketones is 2. The molecule has 0 fully saturated rings. The molecule has 0 unspecified atom stereocenters. The summed E-state index contributed by atoms with van der Waals surface area (Å²) in [5, 5.41) is 0. The van der Waals surface area contributed by atoms with Gasteiger partial charge in [-0.1, -0.05) is 249 Å². The van der Waals surface area contributed by atoms with Gasteiger partial charge in [0.15, 0.2) is 11.5 Å². The monoisotopic (exact) mass is 1600 g/mol. The molecule has 22 rings (SSSR count). The van der Waals surface area contributed by atoms with Gasteiger partial charge in [0.2, 0.25) is 35.1 Å². The summed E-state index contributed by atoms with van der Waals surface area (Å²) in [6, 6.07) is 139. The molecule has 2 aliphatic carbocycles. The fourth-order valence-corrected chi connectivity index (χ4v) is 17.0. The van der Waals surface area contributed by atoms with E-state index in [9.17, 15) is 9.59 Å². The van der Waals surface area contributed by atoms with Crippen LogP contribution in [0.25, 0.3) is 0 Å². The van der Waals surface area contributed by atoms with E-state index in [1.165, 1.54) is 0 Å². The minimum absolute atomic E-state index is 0.00249. The van der Waals surface area contributed by atoms with Gasteiger partial charge in [0, 0.05) is 103 Å². The van der Waals surface area contributed by atoms with Crippen molar-refractivity contribution in [3.63, 3.8) is 0 Å². The molecule has 18 aromatic rings. The lowest BCUT2D eigenvalue weighted by atomic mass is 9.54. The van der Waals surface area contributed by atoms with Crippen molar-refractivity contribution in [2.75, 3.05) is 19.6 Å².